The van der Waals surface area contributed by atoms with Crippen molar-refractivity contribution in [1.82, 2.24) is 4.90 Å². The largest absolute Gasteiger partial charge is 0.496 e. The van der Waals surface area contributed by atoms with Gasteiger partial charge in [0.2, 0.25) is 0 Å². The highest BCUT2D eigenvalue weighted by molar-refractivity contribution is 9.10. The number of esters is 1. The zero-order chi connectivity index (χ0) is 15.5. The molecule has 1 aliphatic heterocycles. The van der Waals surface area contributed by atoms with Crippen LogP contribution in [0.25, 0.3) is 0 Å². The SMILES string of the molecule is CCOC(=O)C1(c2ccc(OC)c(Br)c2)CCN(C)CC1. The fourth-order valence-electron chi connectivity index (χ4n) is 2.84. The molecule has 0 amide bonds. The van der Waals surface area contributed by atoms with Crippen LogP contribution in [0, 0.1) is 0 Å². The van der Waals surface area contributed by atoms with Crippen LogP contribution in [0.3, 0.4) is 0 Å². The average molecular weight is 356 g/mol. The zero-order valence-corrected chi connectivity index (χ0v) is 14.4. The van der Waals surface area contributed by atoms with E-state index in [-0.39, 0.29) is 5.97 Å². The van der Waals surface area contributed by atoms with E-state index in [0.29, 0.717) is 6.61 Å². The van der Waals surface area contributed by atoms with Crippen LogP contribution in [-0.4, -0.2) is 44.7 Å². The van der Waals surface area contributed by atoms with Crippen molar-refractivity contribution in [3.63, 3.8) is 0 Å². The third-order valence-electron chi connectivity index (χ3n) is 4.21. The van der Waals surface area contributed by atoms with E-state index in [0.717, 1.165) is 41.7 Å². The Hall–Kier alpha value is -1.07. The first kappa shape index (κ1) is 16.3. The van der Waals surface area contributed by atoms with E-state index in [9.17, 15) is 4.79 Å². The molecule has 116 valence electrons. The van der Waals surface area contributed by atoms with Crippen LogP contribution in [0.1, 0.15) is 25.3 Å². The minimum atomic E-state index is -0.544. The third kappa shape index (κ3) is 3.24. The fraction of sp³-hybridized carbons (Fsp3) is 0.562. The van der Waals surface area contributed by atoms with Crippen LogP contribution in [0.5, 0.6) is 5.75 Å². The number of methoxy groups -OCH3 is 1. The van der Waals surface area contributed by atoms with E-state index in [2.05, 4.69) is 27.9 Å². The van der Waals surface area contributed by atoms with Crippen molar-refractivity contribution in [3.8, 4) is 5.75 Å². The third-order valence-corrected chi connectivity index (χ3v) is 4.83. The minimum absolute atomic E-state index is 0.116. The number of nitrogens with zero attached hydrogens (tertiary/aromatic N) is 1. The second kappa shape index (κ2) is 6.79. The van der Waals surface area contributed by atoms with Crippen LogP contribution >= 0.6 is 15.9 Å². The number of benzene rings is 1. The van der Waals surface area contributed by atoms with E-state index >= 15 is 0 Å². The van der Waals surface area contributed by atoms with E-state index in [1.807, 2.05) is 25.1 Å². The van der Waals surface area contributed by atoms with E-state index in [1.54, 1.807) is 7.11 Å². The number of rotatable bonds is 4. The maximum atomic E-state index is 12.6. The molecule has 0 aromatic heterocycles. The van der Waals surface area contributed by atoms with Crippen molar-refractivity contribution in [1.29, 1.82) is 0 Å². The van der Waals surface area contributed by atoms with Crippen LogP contribution in [0.15, 0.2) is 22.7 Å². The molecule has 0 atom stereocenters. The smallest absolute Gasteiger partial charge is 0.316 e. The van der Waals surface area contributed by atoms with Crippen LogP contribution in [0.4, 0.5) is 0 Å². The lowest BCUT2D eigenvalue weighted by Crippen LogP contribution is -2.47. The van der Waals surface area contributed by atoms with Gasteiger partial charge in [-0.05, 0) is 73.5 Å². The normalized spacial score (nSPS) is 18.3. The first-order chi connectivity index (χ1) is 10.0. The van der Waals surface area contributed by atoms with Crippen LogP contribution < -0.4 is 4.74 Å². The topological polar surface area (TPSA) is 38.8 Å². The zero-order valence-electron chi connectivity index (χ0n) is 12.8. The van der Waals surface area contributed by atoms with Gasteiger partial charge < -0.3 is 14.4 Å². The number of hydrogen-bond acceptors (Lipinski definition) is 4. The molecule has 1 aromatic rings. The van der Waals surface area contributed by atoms with E-state index in [1.165, 1.54) is 0 Å². The highest BCUT2D eigenvalue weighted by Crippen LogP contribution is 2.39. The van der Waals surface area contributed by atoms with Gasteiger partial charge >= 0.3 is 5.97 Å². The standard InChI is InChI=1S/C16H22BrNO3/c1-4-21-15(19)16(7-9-18(2)10-8-16)12-5-6-14(20-3)13(17)11-12/h5-6,11H,4,7-10H2,1-3H3. The summed E-state index contributed by atoms with van der Waals surface area (Å²) in [6.45, 7) is 4.04. The van der Waals surface area contributed by atoms with Gasteiger partial charge in [-0.25, -0.2) is 0 Å². The maximum absolute atomic E-state index is 12.6. The molecule has 0 saturated carbocycles. The number of piperidine rings is 1. The summed E-state index contributed by atoms with van der Waals surface area (Å²) in [4.78, 5) is 14.9. The number of carbonyl (C=O) groups is 1. The summed E-state index contributed by atoms with van der Waals surface area (Å²) >= 11 is 3.51. The van der Waals surface area contributed by atoms with Crippen molar-refractivity contribution in [2.75, 3.05) is 33.9 Å². The van der Waals surface area contributed by atoms with Crippen molar-refractivity contribution >= 4 is 21.9 Å². The maximum Gasteiger partial charge on any atom is 0.316 e. The lowest BCUT2D eigenvalue weighted by Gasteiger charge is -2.39. The molecule has 0 spiro atoms. The van der Waals surface area contributed by atoms with Crippen molar-refractivity contribution < 1.29 is 14.3 Å². The highest BCUT2D eigenvalue weighted by atomic mass is 79.9. The molecule has 1 saturated heterocycles. The predicted octanol–water partition coefficient (Wildman–Crippen LogP) is 2.98. The Bertz CT molecular complexity index is 510. The van der Waals surface area contributed by atoms with Gasteiger partial charge in [0.1, 0.15) is 5.75 Å². The van der Waals surface area contributed by atoms with Gasteiger partial charge in [-0.1, -0.05) is 6.07 Å². The Morgan fingerprint density at radius 1 is 1.38 bits per heavy atom. The Balaban J connectivity index is 2.40. The second-order valence-electron chi connectivity index (χ2n) is 5.46. The second-order valence-corrected chi connectivity index (χ2v) is 6.31. The molecule has 1 fully saturated rings. The molecule has 0 unspecified atom stereocenters. The Kier molecular flexibility index (Phi) is 5.27. The van der Waals surface area contributed by atoms with Gasteiger partial charge in [-0.2, -0.15) is 0 Å². The molecule has 21 heavy (non-hydrogen) atoms. The summed E-state index contributed by atoms with van der Waals surface area (Å²) in [5.74, 6) is 0.654. The van der Waals surface area contributed by atoms with E-state index < -0.39 is 5.41 Å². The van der Waals surface area contributed by atoms with Gasteiger partial charge in [0.05, 0.1) is 23.6 Å². The molecule has 1 heterocycles. The molecular formula is C16H22BrNO3. The first-order valence-corrected chi connectivity index (χ1v) is 8.02. The number of hydrogen-bond donors (Lipinski definition) is 0. The summed E-state index contributed by atoms with van der Waals surface area (Å²) in [5.41, 5.74) is 0.457. The Morgan fingerprint density at radius 2 is 2.05 bits per heavy atom. The lowest BCUT2D eigenvalue weighted by atomic mass is 9.73. The van der Waals surface area contributed by atoms with Gasteiger partial charge in [-0.15, -0.1) is 0 Å². The Labute approximate surface area is 134 Å². The lowest BCUT2D eigenvalue weighted by molar-refractivity contribution is -0.152. The van der Waals surface area contributed by atoms with E-state index in [4.69, 9.17) is 9.47 Å². The number of halogens is 1. The van der Waals surface area contributed by atoms with Crippen molar-refractivity contribution in [3.05, 3.63) is 28.2 Å². The highest BCUT2D eigenvalue weighted by Gasteiger charge is 2.43. The Morgan fingerprint density at radius 3 is 2.57 bits per heavy atom. The molecule has 2 rings (SSSR count). The molecule has 0 aliphatic carbocycles. The minimum Gasteiger partial charge on any atom is -0.496 e. The quantitative estimate of drug-likeness (QED) is 0.778. The first-order valence-electron chi connectivity index (χ1n) is 7.23. The number of carbonyl (C=O) groups excluding carboxylic acids is 1. The summed E-state index contributed by atoms with van der Waals surface area (Å²) < 4.78 is 11.5. The number of ether oxygens (including phenoxy) is 2. The summed E-state index contributed by atoms with van der Waals surface area (Å²) in [6.07, 6.45) is 1.56. The van der Waals surface area contributed by atoms with Gasteiger partial charge in [0.15, 0.2) is 0 Å². The van der Waals surface area contributed by atoms with Crippen LogP contribution in [-0.2, 0) is 14.9 Å². The summed E-state index contributed by atoms with van der Waals surface area (Å²) in [7, 11) is 3.72. The summed E-state index contributed by atoms with van der Waals surface area (Å²) in [6, 6.07) is 5.87. The van der Waals surface area contributed by atoms with Gasteiger partial charge in [0, 0.05) is 0 Å². The monoisotopic (exact) mass is 355 g/mol. The predicted molar refractivity (Wildman–Crippen MR) is 85.7 cm³/mol. The molecular weight excluding hydrogens is 334 g/mol. The molecule has 1 aliphatic rings. The van der Waals surface area contributed by atoms with Gasteiger partial charge in [0.25, 0.3) is 0 Å². The van der Waals surface area contributed by atoms with Crippen molar-refractivity contribution in [2.24, 2.45) is 0 Å². The van der Waals surface area contributed by atoms with Gasteiger partial charge in [-0.3, -0.25) is 4.79 Å². The molecule has 1 aromatic carbocycles. The molecule has 5 heteroatoms. The molecule has 0 bridgehead atoms. The molecule has 0 N–H and O–H groups in total. The summed E-state index contributed by atoms with van der Waals surface area (Å²) in [5, 5.41) is 0. The van der Waals surface area contributed by atoms with Crippen LogP contribution in [0.2, 0.25) is 0 Å². The fourth-order valence-corrected chi connectivity index (χ4v) is 3.38. The average Bonchev–Trinajstić information content (AvgIpc) is 2.48. The number of likely N-dealkylation sites (tertiary alicyclic amines) is 1. The molecule has 4 nitrogen and oxygen atoms in total. The molecule has 0 radical (unpaired) electrons. The van der Waals surface area contributed by atoms with Crippen molar-refractivity contribution in [2.45, 2.75) is 25.2 Å².